The van der Waals surface area contributed by atoms with E-state index in [9.17, 15) is 17.6 Å². The number of nitrogens with zero attached hydrogens (tertiary/aromatic N) is 1. The Balaban J connectivity index is 1.82. The molecule has 114 valence electrons. The first-order valence-electron chi connectivity index (χ1n) is 6.07. The summed E-state index contributed by atoms with van der Waals surface area (Å²) in [6.07, 6.45) is 1.22. The Kier molecular flexibility index (Phi) is 3.41. The van der Waals surface area contributed by atoms with E-state index in [1.54, 1.807) is 6.07 Å². The molecule has 22 heavy (non-hydrogen) atoms. The molecule has 0 atom stereocenters. The van der Waals surface area contributed by atoms with Crippen molar-refractivity contribution in [1.82, 2.24) is 9.88 Å². The molecule has 0 fully saturated rings. The van der Waals surface area contributed by atoms with Gasteiger partial charge in [0.25, 0.3) is 5.91 Å². The molecule has 0 aliphatic rings. The van der Waals surface area contributed by atoms with Gasteiger partial charge in [-0.3, -0.25) is 4.79 Å². The molecule has 0 aliphatic heterocycles. The molecule has 0 saturated carbocycles. The van der Waals surface area contributed by atoms with Crippen molar-refractivity contribution in [2.24, 2.45) is 0 Å². The number of aromatic nitrogens is 1. The van der Waals surface area contributed by atoms with Gasteiger partial charge in [0, 0.05) is 11.5 Å². The van der Waals surface area contributed by atoms with E-state index in [-0.39, 0.29) is 17.0 Å². The van der Waals surface area contributed by atoms with Crippen LogP contribution in [0.1, 0.15) is 16.2 Å². The highest BCUT2D eigenvalue weighted by Gasteiger charge is 2.21. The van der Waals surface area contributed by atoms with Gasteiger partial charge in [0.15, 0.2) is 17.2 Å². The van der Waals surface area contributed by atoms with E-state index in [0.29, 0.717) is 5.39 Å². The maximum absolute atomic E-state index is 13.5. The lowest BCUT2D eigenvalue weighted by Gasteiger charge is -2.02. The molecule has 9 heteroatoms. The molecule has 0 bridgehead atoms. The average molecular weight is 324 g/mol. The summed E-state index contributed by atoms with van der Waals surface area (Å²) in [6.45, 7) is 0. The number of carbonyl (C=O) groups excluding carboxylic acids is 1. The number of furan rings is 1. The number of carbonyl (C=O) groups is 1. The zero-order valence-corrected chi connectivity index (χ0v) is 11.8. The van der Waals surface area contributed by atoms with Gasteiger partial charge < -0.3 is 8.94 Å². The van der Waals surface area contributed by atoms with Crippen LogP contribution >= 0.6 is 0 Å². The molecule has 1 N–H and O–H groups in total. The molecule has 0 radical (unpaired) electrons. The van der Waals surface area contributed by atoms with Gasteiger partial charge in [-0.1, -0.05) is 17.3 Å². The fourth-order valence-corrected chi connectivity index (χ4v) is 2.87. The van der Waals surface area contributed by atoms with Crippen LogP contribution in [-0.2, 0) is 15.8 Å². The Morgan fingerprint density at radius 2 is 2.14 bits per heavy atom. The summed E-state index contributed by atoms with van der Waals surface area (Å²) in [5, 5.41) is 3.81. The van der Waals surface area contributed by atoms with Crippen molar-refractivity contribution in [3.63, 3.8) is 0 Å². The first-order chi connectivity index (χ1) is 10.4. The van der Waals surface area contributed by atoms with E-state index in [4.69, 9.17) is 4.42 Å². The Labute approximate surface area is 123 Å². The number of halogens is 1. The second-order valence-corrected chi connectivity index (χ2v) is 6.17. The van der Waals surface area contributed by atoms with Crippen LogP contribution in [0, 0.1) is 5.82 Å². The molecule has 1 amide bonds. The molecule has 2 aromatic heterocycles. The molecule has 0 unspecified atom stereocenters. The van der Waals surface area contributed by atoms with Crippen molar-refractivity contribution in [1.29, 1.82) is 0 Å². The van der Waals surface area contributed by atoms with Crippen LogP contribution in [0.25, 0.3) is 11.0 Å². The van der Waals surface area contributed by atoms with E-state index < -0.39 is 27.5 Å². The third kappa shape index (κ3) is 2.84. The molecular formula is C13H9FN2O5S. The number of sulfonamides is 1. The van der Waals surface area contributed by atoms with Crippen LogP contribution in [0.2, 0.25) is 0 Å². The summed E-state index contributed by atoms with van der Waals surface area (Å²) in [4.78, 5) is 11.9. The third-order valence-electron chi connectivity index (χ3n) is 2.80. The molecule has 3 aromatic rings. The van der Waals surface area contributed by atoms with Gasteiger partial charge in [-0.15, -0.1) is 0 Å². The number of para-hydroxylation sites is 1. The quantitative estimate of drug-likeness (QED) is 0.785. The zero-order chi connectivity index (χ0) is 15.7. The molecule has 2 heterocycles. The van der Waals surface area contributed by atoms with Gasteiger partial charge in [0.2, 0.25) is 10.0 Å². The second-order valence-electron chi connectivity index (χ2n) is 4.45. The lowest BCUT2D eigenvalue weighted by atomic mass is 10.2. The van der Waals surface area contributed by atoms with E-state index in [2.05, 4.69) is 9.68 Å². The highest BCUT2D eigenvalue weighted by molar-refractivity contribution is 7.89. The fourth-order valence-electron chi connectivity index (χ4n) is 1.87. The third-order valence-corrected chi connectivity index (χ3v) is 3.97. The van der Waals surface area contributed by atoms with Crippen LogP contribution in [0.4, 0.5) is 4.39 Å². The average Bonchev–Trinajstić information content (AvgIpc) is 3.07. The van der Waals surface area contributed by atoms with Crippen LogP contribution in [0.3, 0.4) is 0 Å². The minimum Gasteiger partial charge on any atom is -0.448 e. The molecule has 0 saturated heterocycles. The maximum Gasteiger partial charge on any atom is 0.300 e. The minimum atomic E-state index is -3.98. The Bertz CT molecular complexity index is 931. The van der Waals surface area contributed by atoms with Gasteiger partial charge in [-0.25, -0.2) is 17.5 Å². The van der Waals surface area contributed by atoms with Crippen molar-refractivity contribution in [3.8, 4) is 0 Å². The first kappa shape index (κ1) is 14.3. The standard InChI is InChI=1S/C13H9FN2O5S/c14-10-3-1-2-8-6-11(21-12(8)10)13(17)16-22(18,19)7-9-4-5-20-15-9/h1-6H,7H2,(H,16,17). The molecule has 0 aliphatic carbocycles. The number of benzene rings is 1. The number of nitrogens with one attached hydrogen (secondary N) is 1. The predicted molar refractivity (Wildman–Crippen MR) is 72.8 cm³/mol. The highest BCUT2D eigenvalue weighted by Crippen LogP contribution is 2.22. The van der Waals surface area contributed by atoms with Crippen LogP contribution in [0.15, 0.2) is 45.5 Å². The summed E-state index contributed by atoms with van der Waals surface area (Å²) in [7, 11) is -3.98. The van der Waals surface area contributed by atoms with Gasteiger partial charge in [0.1, 0.15) is 17.7 Å². The maximum atomic E-state index is 13.5. The van der Waals surface area contributed by atoms with E-state index >= 15 is 0 Å². The topological polar surface area (TPSA) is 102 Å². The smallest absolute Gasteiger partial charge is 0.300 e. The van der Waals surface area contributed by atoms with Crippen molar-refractivity contribution in [3.05, 3.63) is 53.9 Å². The molecule has 1 aromatic carbocycles. The lowest BCUT2D eigenvalue weighted by Crippen LogP contribution is -2.31. The molecule has 7 nitrogen and oxygen atoms in total. The summed E-state index contributed by atoms with van der Waals surface area (Å²) in [6, 6.07) is 6.80. The normalized spacial score (nSPS) is 11.7. The van der Waals surface area contributed by atoms with E-state index in [1.807, 2.05) is 4.72 Å². The number of hydrogen-bond donors (Lipinski definition) is 1. The first-order valence-corrected chi connectivity index (χ1v) is 7.72. The number of rotatable bonds is 4. The van der Waals surface area contributed by atoms with Crippen LogP contribution in [0.5, 0.6) is 0 Å². The molecule has 0 spiro atoms. The molecule has 3 rings (SSSR count). The number of hydrogen-bond acceptors (Lipinski definition) is 6. The Morgan fingerprint density at radius 3 is 2.82 bits per heavy atom. The van der Waals surface area contributed by atoms with Gasteiger partial charge in [-0.05, 0) is 12.1 Å². The SMILES string of the molecule is O=C(NS(=O)(=O)Cc1ccon1)c1cc2cccc(F)c2o1. The van der Waals surface area contributed by atoms with Crippen LogP contribution in [-0.4, -0.2) is 19.5 Å². The minimum absolute atomic E-state index is 0.110. The van der Waals surface area contributed by atoms with Crippen molar-refractivity contribution in [2.45, 2.75) is 5.75 Å². The summed E-state index contributed by atoms with van der Waals surface area (Å²) < 4.78 is 48.6. The monoisotopic (exact) mass is 324 g/mol. The fraction of sp³-hybridized carbons (Fsp3) is 0.0769. The van der Waals surface area contributed by atoms with Gasteiger partial charge in [-0.2, -0.15) is 0 Å². The van der Waals surface area contributed by atoms with E-state index in [0.717, 1.165) is 0 Å². The van der Waals surface area contributed by atoms with Crippen molar-refractivity contribution < 1.29 is 26.5 Å². The Morgan fingerprint density at radius 1 is 1.32 bits per heavy atom. The predicted octanol–water partition coefficient (Wildman–Crippen LogP) is 1.82. The lowest BCUT2D eigenvalue weighted by molar-refractivity contribution is 0.0956. The molecular weight excluding hydrogens is 315 g/mol. The van der Waals surface area contributed by atoms with E-state index in [1.165, 1.54) is 30.5 Å². The number of fused-ring (bicyclic) bond motifs is 1. The summed E-state index contributed by atoms with van der Waals surface area (Å²) in [5.41, 5.74) is 0.0394. The van der Waals surface area contributed by atoms with Gasteiger partial charge in [0.05, 0.1) is 0 Å². The van der Waals surface area contributed by atoms with Gasteiger partial charge >= 0.3 is 0 Å². The van der Waals surface area contributed by atoms with Crippen molar-refractivity contribution in [2.75, 3.05) is 0 Å². The largest absolute Gasteiger partial charge is 0.448 e. The zero-order valence-electron chi connectivity index (χ0n) is 10.9. The second kappa shape index (κ2) is 5.26. The highest BCUT2D eigenvalue weighted by atomic mass is 32.2. The summed E-state index contributed by atoms with van der Waals surface area (Å²) >= 11 is 0. The van der Waals surface area contributed by atoms with Crippen LogP contribution < -0.4 is 4.72 Å². The number of amides is 1. The Hall–Kier alpha value is -2.68. The van der Waals surface area contributed by atoms with Crippen molar-refractivity contribution >= 4 is 26.9 Å². The summed E-state index contributed by atoms with van der Waals surface area (Å²) in [5.74, 6) is -2.45.